The van der Waals surface area contributed by atoms with E-state index >= 15 is 0 Å². The quantitative estimate of drug-likeness (QED) is 0.745. The Bertz CT molecular complexity index is 269. The van der Waals surface area contributed by atoms with Crippen molar-refractivity contribution in [3.05, 3.63) is 21.9 Å². The van der Waals surface area contributed by atoms with Crippen molar-refractivity contribution in [2.45, 2.75) is 25.9 Å². The van der Waals surface area contributed by atoms with Gasteiger partial charge in [0.05, 0.1) is 6.61 Å². The number of ether oxygens (including phenoxy) is 1. The lowest BCUT2D eigenvalue weighted by atomic mass is 10.2. The molecule has 1 heterocycles. The summed E-state index contributed by atoms with van der Waals surface area (Å²) in [5.41, 5.74) is 0. The molecule has 86 valence electrons. The predicted molar refractivity (Wildman–Crippen MR) is 63.3 cm³/mol. The van der Waals surface area contributed by atoms with Crippen LogP contribution in [0.4, 0.5) is 0 Å². The molecular formula is C11H19NO2S. The van der Waals surface area contributed by atoms with Crippen LogP contribution in [0.1, 0.15) is 16.2 Å². The number of nitrogens with one attached hydrogen (secondary N) is 1. The highest BCUT2D eigenvalue weighted by Crippen LogP contribution is 2.14. The first-order valence-corrected chi connectivity index (χ1v) is 5.96. The molecule has 3 nitrogen and oxygen atoms in total. The summed E-state index contributed by atoms with van der Waals surface area (Å²) in [5, 5.41) is 12.2. The standard InChI is InChI=1S/C11H19NO2S/c1-9-3-4-11(15-9)7-12-10(5-6-13)8-14-2/h3-4,10,12-13H,5-8H2,1-2H3. The van der Waals surface area contributed by atoms with Gasteiger partial charge in [0.25, 0.3) is 0 Å². The summed E-state index contributed by atoms with van der Waals surface area (Å²) in [7, 11) is 1.68. The number of aliphatic hydroxyl groups is 1. The third kappa shape index (κ3) is 4.75. The van der Waals surface area contributed by atoms with E-state index in [1.165, 1.54) is 9.75 Å². The number of hydrogen-bond donors (Lipinski definition) is 2. The first-order valence-electron chi connectivity index (χ1n) is 5.14. The normalized spacial score (nSPS) is 13.0. The molecule has 0 spiro atoms. The Morgan fingerprint density at radius 2 is 2.33 bits per heavy atom. The van der Waals surface area contributed by atoms with E-state index in [0.717, 1.165) is 13.0 Å². The van der Waals surface area contributed by atoms with Crippen LogP contribution in [0.3, 0.4) is 0 Å². The van der Waals surface area contributed by atoms with E-state index in [-0.39, 0.29) is 12.6 Å². The molecule has 0 aromatic carbocycles. The van der Waals surface area contributed by atoms with Crippen molar-refractivity contribution in [1.29, 1.82) is 0 Å². The molecule has 4 heteroatoms. The van der Waals surface area contributed by atoms with E-state index < -0.39 is 0 Å². The Morgan fingerprint density at radius 3 is 2.87 bits per heavy atom. The number of thiophene rings is 1. The summed E-state index contributed by atoms with van der Waals surface area (Å²) in [6.07, 6.45) is 0.734. The van der Waals surface area contributed by atoms with Crippen molar-refractivity contribution in [2.75, 3.05) is 20.3 Å². The lowest BCUT2D eigenvalue weighted by Crippen LogP contribution is -2.33. The molecule has 0 bridgehead atoms. The summed E-state index contributed by atoms with van der Waals surface area (Å²) in [5.74, 6) is 0. The molecule has 2 N–H and O–H groups in total. The number of rotatable bonds is 7. The number of methoxy groups -OCH3 is 1. The molecule has 0 fully saturated rings. The largest absolute Gasteiger partial charge is 0.396 e. The molecule has 0 aliphatic carbocycles. The van der Waals surface area contributed by atoms with Gasteiger partial charge in [-0.15, -0.1) is 11.3 Å². The lowest BCUT2D eigenvalue weighted by molar-refractivity contribution is 0.148. The van der Waals surface area contributed by atoms with Gasteiger partial charge >= 0.3 is 0 Å². The van der Waals surface area contributed by atoms with Crippen molar-refractivity contribution in [1.82, 2.24) is 5.32 Å². The number of aryl methyl sites for hydroxylation is 1. The van der Waals surface area contributed by atoms with Crippen molar-refractivity contribution in [3.8, 4) is 0 Å². The minimum Gasteiger partial charge on any atom is -0.396 e. The fourth-order valence-corrected chi connectivity index (χ4v) is 2.27. The maximum absolute atomic E-state index is 8.87. The molecule has 0 amide bonds. The second-order valence-electron chi connectivity index (χ2n) is 3.56. The van der Waals surface area contributed by atoms with Crippen LogP contribution in [0, 0.1) is 6.92 Å². The SMILES string of the molecule is COCC(CCO)NCc1ccc(C)s1. The second kappa shape index (κ2) is 6.95. The average molecular weight is 229 g/mol. The van der Waals surface area contributed by atoms with E-state index in [2.05, 4.69) is 24.4 Å². The van der Waals surface area contributed by atoms with E-state index in [1.807, 2.05) is 0 Å². The van der Waals surface area contributed by atoms with Gasteiger partial charge in [-0.3, -0.25) is 0 Å². The maximum atomic E-state index is 8.87. The van der Waals surface area contributed by atoms with Crippen LogP contribution in [0.2, 0.25) is 0 Å². The molecule has 0 aliphatic rings. The Balaban J connectivity index is 2.32. The van der Waals surface area contributed by atoms with Gasteiger partial charge in [0.2, 0.25) is 0 Å². The molecule has 1 aromatic rings. The summed E-state index contributed by atoms with van der Waals surface area (Å²) < 4.78 is 5.08. The molecule has 0 radical (unpaired) electrons. The minimum absolute atomic E-state index is 0.199. The Labute approximate surface area is 95.1 Å². The van der Waals surface area contributed by atoms with E-state index in [9.17, 15) is 0 Å². The zero-order valence-electron chi connectivity index (χ0n) is 9.32. The average Bonchev–Trinajstić information content (AvgIpc) is 2.61. The van der Waals surface area contributed by atoms with Crippen molar-refractivity contribution >= 4 is 11.3 Å². The highest BCUT2D eigenvalue weighted by Gasteiger charge is 2.07. The number of aliphatic hydroxyl groups excluding tert-OH is 1. The van der Waals surface area contributed by atoms with E-state index in [1.54, 1.807) is 18.4 Å². The summed E-state index contributed by atoms with van der Waals surface area (Å²) >= 11 is 1.80. The van der Waals surface area contributed by atoms with Crippen LogP contribution in [0.25, 0.3) is 0 Å². The summed E-state index contributed by atoms with van der Waals surface area (Å²) in [6.45, 7) is 3.80. The monoisotopic (exact) mass is 229 g/mol. The Morgan fingerprint density at radius 1 is 1.53 bits per heavy atom. The fraction of sp³-hybridized carbons (Fsp3) is 0.636. The molecular weight excluding hydrogens is 210 g/mol. The second-order valence-corrected chi connectivity index (χ2v) is 4.93. The van der Waals surface area contributed by atoms with Crippen LogP contribution in [-0.4, -0.2) is 31.5 Å². The highest BCUT2D eigenvalue weighted by molar-refractivity contribution is 7.11. The topological polar surface area (TPSA) is 41.5 Å². The van der Waals surface area contributed by atoms with Crippen LogP contribution >= 0.6 is 11.3 Å². The first-order chi connectivity index (χ1) is 7.26. The van der Waals surface area contributed by atoms with E-state index in [4.69, 9.17) is 9.84 Å². The zero-order valence-corrected chi connectivity index (χ0v) is 10.1. The summed E-state index contributed by atoms with van der Waals surface area (Å²) in [6, 6.07) is 4.50. The molecule has 0 aliphatic heterocycles. The fourth-order valence-electron chi connectivity index (χ4n) is 1.43. The van der Waals surface area contributed by atoms with Gasteiger partial charge in [0, 0.05) is 36.1 Å². The van der Waals surface area contributed by atoms with Crippen LogP contribution in [0.15, 0.2) is 12.1 Å². The smallest absolute Gasteiger partial charge is 0.0616 e. The van der Waals surface area contributed by atoms with Gasteiger partial charge in [-0.05, 0) is 25.5 Å². The lowest BCUT2D eigenvalue weighted by Gasteiger charge is -2.15. The van der Waals surface area contributed by atoms with Crippen LogP contribution in [0.5, 0.6) is 0 Å². The molecule has 15 heavy (non-hydrogen) atoms. The van der Waals surface area contributed by atoms with Gasteiger partial charge in [0.1, 0.15) is 0 Å². The number of hydrogen-bond acceptors (Lipinski definition) is 4. The van der Waals surface area contributed by atoms with Gasteiger partial charge in [0.15, 0.2) is 0 Å². The third-order valence-corrected chi connectivity index (χ3v) is 3.21. The predicted octanol–water partition coefficient (Wildman–Crippen LogP) is 1.54. The zero-order chi connectivity index (χ0) is 11.1. The molecule has 0 saturated carbocycles. The summed E-state index contributed by atoms with van der Waals surface area (Å²) in [4.78, 5) is 2.66. The Hall–Kier alpha value is -0.420. The van der Waals surface area contributed by atoms with Gasteiger partial charge in [-0.1, -0.05) is 0 Å². The van der Waals surface area contributed by atoms with Crippen molar-refractivity contribution in [2.24, 2.45) is 0 Å². The highest BCUT2D eigenvalue weighted by atomic mass is 32.1. The van der Waals surface area contributed by atoms with E-state index in [0.29, 0.717) is 6.61 Å². The van der Waals surface area contributed by atoms with Crippen LogP contribution in [-0.2, 0) is 11.3 Å². The van der Waals surface area contributed by atoms with Gasteiger partial charge < -0.3 is 15.2 Å². The van der Waals surface area contributed by atoms with Gasteiger partial charge in [-0.2, -0.15) is 0 Å². The first kappa shape index (κ1) is 12.6. The molecule has 1 rings (SSSR count). The van der Waals surface area contributed by atoms with Crippen LogP contribution < -0.4 is 5.32 Å². The molecule has 0 saturated heterocycles. The van der Waals surface area contributed by atoms with Gasteiger partial charge in [-0.25, -0.2) is 0 Å². The molecule has 1 unspecified atom stereocenters. The Kier molecular flexibility index (Phi) is 5.86. The molecule has 1 aromatic heterocycles. The minimum atomic E-state index is 0.199. The molecule has 1 atom stereocenters. The van der Waals surface area contributed by atoms with Crippen molar-refractivity contribution in [3.63, 3.8) is 0 Å². The van der Waals surface area contributed by atoms with Crippen molar-refractivity contribution < 1.29 is 9.84 Å². The maximum Gasteiger partial charge on any atom is 0.0616 e. The third-order valence-electron chi connectivity index (χ3n) is 2.21.